The minimum absolute atomic E-state index is 1.19. The van der Waals surface area contributed by atoms with Gasteiger partial charge in [0.1, 0.15) is 0 Å². The molecule has 0 aliphatic carbocycles. The summed E-state index contributed by atoms with van der Waals surface area (Å²) < 4.78 is 0. The quantitative estimate of drug-likeness (QED) is 0.476. The molecule has 0 spiro atoms. The third-order valence-electron chi connectivity index (χ3n) is 0.486. The van der Waals surface area contributed by atoms with Crippen LogP contribution in [0.25, 0.3) is 0 Å². The van der Waals surface area contributed by atoms with Gasteiger partial charge in [0, 0.05) is 10.8 Å². The van der Waals surface area contributed by atoms with Gasteiger partial charge >= 0.3 is 0 Å². The highest BCUT2D eigenvalue weighted by atomic mass is 32.2. The Hall–Kier alpha value is 0.440. The molecule has 33 valence electrons. The van der Waals surface area contributed by atoms with Gasteiger partial charge in [-0.1, -0.05) is 6.08 Å². The van der Waals surface area contributed by atoms with E-state index in [1.807, 2.05) is 23.5 Å². The zero-order valence-electron chi connectivity index (χ0n) is 3.26. The van der Waals surface area contributed by atoms with E-state index in [0.29, 0.717) is 0 Å². The molecule has 0 nitrogen and oxygen atoms in total. The molecular weight excluding hydrogens is 112 g/mol. The number of rotatable bonds is 0. The molecule has 1 heterocycles. The van der Waals surface area contributed by atoms with Crippen LogP contribution >= 0.6 is 23.5 Å². The molecule has 0 unspecified atom stereocenters. The maximum atomic E-state index is 2.11. The van der Waals surface area contributed by atoms with E-state index < -0.39 is 0 Å². The zero-order valence-corrected chi connectivity index (χ0v) is 4.89. The second-order valence-electron chi connectivity index (χ2n) is 0.916. The van der Waals surface area contributed by atoms with Crippen LogP contribution in [0.15, 0.2) is 11.5 Å². The van der Waals surface area contributed by atoms with E-state index in [0.717, 1.165) is 0 Å². The van der Waals surface area contributed by atoms with Crippen LogP contribution in [0.5, 0.6) is 0 Å². The predicted molar refractivity (Wildman–Crippen MR) is 33.5 cm³/mol. The van der Waals surface area contributed by atoms with Crippen LogP contribution in [0.1, 0.15) is 0 Å². The summed E-state index contributed by atoms with van der Waals surface area (Å²) in [6, 6.07) is 0. The first kappa shape index (κ1) is 4.60. The summed E-state index contributed by atoms with van der Waals surface area (Å²) >= 11 is 3.69. The van der Waals surface area contributed by atoms with Gasteiger partial charge in [-0.2, -0.15) is 0 Å². The Morgan fingerprint density at radius 3 is 2.50 bits per heavy atom. The summed E-state index contributed by atoms with van der Waals surface area (Å²) in [6.07, 6.45) is 2.07. The Kier molecular flexibility index (Phi) is 1.98. The molecule has 0 N–H and O–H groups in total. The molecule has 0 saturated carbocycles. The first-order valence-corrected chi connectivity index (χ1v) is 3.81. The van der Waals surface area contributed by atoms with Crippen LogP contribution in [0, 0.1) is 5.75 Å². The summed E-state index contributed by atoms with van der Waals surface area (Å²) in [5, 5.41) is 3.30. The lowest BCUT2D eigenvalue weighted by Crippen LogP contribution is -1.69. The first-order valence-electron chi connectivity index (χ1n) is 1.72. The van der Waals surface area contributed by atoms with E-state index >= 15 is 0 Å². The van der Waals surface area contributed by atoms with Crippen LogP contribution in [0.3, 0.4) is 0 Å². The second-order valence-corrected chi connectivity index (χ2v) is 3.07. The first-order chi connectivity index (χ1) is 3.00. The van der Waals surface area contributed by atoms with Gasteiger partial charge in [-0.15, -0.1) is 23.5 Å². The summed E-state index contributed by atoms with van der Waals surface area (Å²) in [4.78, 5) is 0. The van der Waals surface area contributed by atoms with Crippen molar-refractivity contribution in [3.05, 3.63) is 17.2 Å². The van der Waals surface area contributed by atoms with Crippen molar-refractivity contribution < 1.29 is 0 Å². The maximum Gasteiger partial charge on any atom is 0.0439 e. The van der Waals surface area contributed by atoms with Crippen molar-refractivity contribution in [3.8, 4) is 0 Å². The van der Waals surface area contributed by atoms with Crippen LogP contribution < -0.4 is 0 Å². The Balaban J connectivity index is 2.26. The van der Waals surface area contributed by atoms with Crippen LogP contribution in [-0.2, 0) is 0 Å². The second kappa shape index (κ2) is 2.59. The maximum absolute atomic E-state index is 2.11. The van der Waals surface area contributed by atoms with Crippen molar-refractivity contribution in [1.29, 1.82) is 0 Å². The lowest BCUT2D eigenvalue weighted by molar-refractivity contribution is 2.00. The van der Waals surface area contributed by atoms with Gasteiger partial charge in [0.2, 0.25) is 0 Å². The molecule has 0 saturated heterocycles. The highest BCUT2D eigenvalue weighted by Gasteiger charge is 1.88. The van der Waals surface area contributed by atoms with Crippen molar-refractivity contribution >= 4 is 23.5 Å². The number of thioether (sulfide) groups is 2. The van der Waals surface area contributed by atoms with Gasteiger partial charge in [-0.3, -0.25) is 0 Å². The number of hydrogen-bond donors (Lipinski definition) is 0. The average Bonchev–Trinajstić information content (AvgIpc) is 1.72. The van der Waals surface area contributed by atoms with Gasteiger partial charge in [0.05, 0.1) is 0 Å². The van der Waals surface area contributed by atoms with E-state index in [-0.39, 0.29) is 0 Å². The van der Waals surface area contributed by atoms with E-state index in [4.69, 9.17) is 0 Å². The van der Waals surface area contributed by atoms with E-state index in [1.165, 1.54) is 5.08 Å². The monoisotopic (exact) mass is 117 g/mol. The largest absolute Gasteiger partial charge is 0.142 e. The Labute approximate surface area is 46.4 Å². The lowest BCUT2D eigenvalue weighted by Gasteiger charge is -1.96. The van der Waals surface area contributed by atoms with Gasteiger partial charge in [0.25, 0.3) is 0 Å². The van der Waals surface area contributed by atoms with Crippen molar-refractivity contribution in [2.24, 2.45) is 0 Å². The van der Waals surface area contributed by atoms with Crippen molar-refractivity contribution in [3.63, 3.8) is 0 Å². The minimum atomic E-state index is 1.19. The fourth-order valence-corrected chi connectivity index (χ4v) is 1.68. The SMILES string of the molecule is [CH]1C=CSCS1. The van der Waals surface area contributed by atoms with E-state index in [2.05, 4.69) is 17.2 Å². The molecule has 0 aromatic heterocycles. The Morgan fingerprint density at radius 1 is 1.33 bits per heavy atom. The fraction of sp³-hybridized carbons (Fsp3) is 0.250. The highest BCUT2D eigenvalue weighted by Crippen LogP contribution is 2.21. The average molecular weight is 117 g/mol. The molecule has 1 aliphatic heterocycles. The van der Waals surface area contributed by atoms with Gasteiger partial charge < -0.3 is 0 Å². The molecule has 2 heteroatoms. The van der Waals surface area contributed by atoms with Crippen molar-refractivity contribution in [2.45, 2.75) is 0 Å². The molecule has 0 fully saturated rings. The molecular formula is C4H5S2. The fourth-order valence-electron chi connectivity index (χ4n) is 0.261. The third-order valence-corrected chi connectivity index (χ3v) is 2.27. The number of hydrogen-bond acceptors (Lipinski definition) is 2. The molecule has 0 amide bonds. The summed E-state index contributed by atoms with van der Waals surface area (Å²) in [5.41, 5.74) is 0. The Bertz CT molecular complexity index is 50.6. The summed E-state index contributed by atoms with van der Waals surface area (Å²) in [6.45, 7) is 0. The molecule has 1 rings (SSSR count). The van der Waals surface area contributed by atoms with Crippen LogP contribution in [0.2, 0.25) is 0 Å². The minimum Gasteiger partial charge on any atom is -0.142 e. The third kappa shape index (κ3) is 1.27. The molecule has 0 bridgehead atoms. The molecule has 1 radical (unpaired) electrons. The van der Waals surface area contributed by atoms with E-state index in [1.54, 1.807) is 0 Å². The van der Waals surface area contributed by atoms with Crippen LogP contribution in [0.4, 0.5) is 0 Å². The standard InChI is InChI=1S/C4H5S2/c1-2-5-4-6-3-1/h1-3H,4H2. The zero-order chi connectivity index (χ0) is 4.24. The normalized spacial score (nSPS) is 21.3. The Morgan fingerprint density at radius 2 is 2.33 bits per heavy atom. The highest BCUT2D eigenvalue weighted by molar-refractivity contribution is 8.18. The molecule has 6 heavy (non-hydrogen) atoms. The molecule has 0 aromatic rings. The topological polar surface area (TPSA) is 0 Å². The molecule has 0 atom stereocenters. The molecule has 1 aliphatic rings. The molecule has 0 aromatic carbocycles. The summed E-state index contributed by atoms with van der Waals surface area (Å²) in [7, 11) is 0. The van der Waals surface area contributed by atoms with Crippen molar-refractivity contribution in [1.82, 2.24) is 0 Å². The van der Waals surface area contributed by atoms with Crippen molar-refractivity contribution in [2.75, 3.05) is 5.08 Å². The van der Waals surface area contributed by atoms with Gasteiger partial charge in [0.15, 0.2) is 0 Å². The van der Waals surface area contributed by atoms with E-state index in [9.17, 15) is 0 Å². The predicted octanol–water partition coefficient (Wildman–Crippen LogP) is 2.10. The van der Waals surface area contributed by atoms with Gasteiger partial charge in [-0.25, -0.2) is 0 Å². The smallest absolute Gasteiger partial charge is 0.0439 e. The van der Waals surface area contributed by atoms with Gasteiger partial charge in [-0.05, 0) is 5.41 Å². The van der Waals surface area contributed by atoms with Crippen LogP contribution in [-0.4, -0.2) is 5.08 Å². The lowest BCUT2D eigenvalue weighted by atomic mass is 10.8. The summed E-state index contributed by atoms with van der Waals surface area (Å²) in [5.74, 6) is 2.11.